The molecule has 0 saturated heterocycles. The summed E-state index contributed by atoms with van der Waals surface area (Å²) in [5.74, 6) is 0.105. The Labute approximate surface area is 77.4 Å². The molecule has 70 valence electrons. The largest absolute Gasteiger partial charge is 0.388 e. The van der Waals surface area contributed by atoms with E-state index in [2.05, 4.69) is 4.98 Å². The molecule has 3 nitrogen and oxygen atoms in total. The van der Waals surface area contributed by atoms with Gasteiger partial charge in [0.1, 0.15) is 5.78 Å². The van der Waals surface area contributed by atoms with E-state index >= 15 is 0 Å². The second-order valence-corrected chi connectivity index (χ2v) is 3.04. The summed E-state index contributed by atoms with van der Waals surface area (Å²) in [5.41, 5.74) is 0.816. The number of aliphatic hydroxyl groups excluding tert-OH is 1. The van der Waals surface area contributed by atoms with E-state index in [-0.39, 0.29) is 5.78 Å². The highest BCUT2D eigenvalue weighted by Gasteiger charge is 2.07. The number of nitrogens with zero attached hydrogens (tertiary/aromatic N) is 1. The van der Waals surface area contributed by atoms with Crippen LogP contribution in [0.25, 0.3) is 0 Å². The second kappa shape index (κ2) is 4.72. The van der Waals surface area contributed by atoms with Gasteiger partial charge in [-0.15, -0.1) is 0 Å². The first kappa shape index (κ1) is 9.86. The Morgan fingerprint density at radius 3 is 2.69 bits per heavy atom. The van der Waals surface area contributed by atoms with E-state index in [0.717, 1.165) is 5.56 Å². The number of ketones is 1. The standard InChI is InChI=1S/C10H13NO2/c1-8(12)2-3-10(13)9-4-6-11-7-5-9/h4-7,10,13H,2-3H2,1H3. The zero-order valence-electron chi connectivity index (χ0n) is 7.60. The molecule has 3 heteroatoms. The lowest BCUT2D eigenvalue weighted by molar-refractivity contribution is -0.117. The van der Waals surface area contributed by atoms with Crippen molar-refractivity contribution in [2.24, 2.45) is 0 Å². The van der Waals surface area contributed by atoms with Crippen LogP contribution in [0.3, 0.4) is 0 Å². The van der Waals surface area contributed by atoms with E-state index in [1.165, 1.54) is 6.92 Å². The fraction of sp³-hybridized carbons (Fsp3) is 0.400. The van der Waals surface area contributed by atoms with Gasteiger partial charge in [0, 0.05) is 18.8 Å². The van der Waals surface area contributed by atoms with E-state index in [9.17, 15) is 9.90 Å². The van der Waals surface area contributed by atoms with Gasteiger partial charge in [0.2, 0.25) is 0 Å². The van der Waals surface area contributed by atoms with Gasteiger partial charge in [-0.2, -0.15) is 0 Å². The number of hydrogen-bond acceptors (Lipinski definition) is 3. The maximum atomic E-state index is 10.7. The molecule has 0 fully saturated rings. The van der Waals surface area contributed by atoms with Crippen molar-refractivity contribution in [3.05, 3.63) is 30.1 Å². The molecule has 1 rings (SSSR count). The van der Waals surface area contributed by atoms with E-state index < -0.39 is 6.10 Å². The summed E-state index contributed by atoms with van der Waals surface area (Å²) in [6, 6.07) is 3.51. The van der Waals surface area contributed by atoms with Gasteiger partial charge in [-0.1, -0.05) is 0 Å². The highest BCUT2D eigenvalue weighted by atomic mass is 16.3. The minimum Gasteiger partial charge on any atom is -0.388 e. The van der Waals surface area contributed by atoms with Crippen LogP contribution < -0.4 is 0 Å². The molecule has 1 aromatic heterocycles. The minimum atomic E-state index is -0.549. The van der Waals surface area contributed by atoms with E-state index in [1.807, 2.05) is 0 Å². The Morgan fingerprint density at radius 2 is 2.15 bits per heavy atom. The summed E-state index contributed by atoms with van der Waals surface area (Å²) in [4.78, 5) is 14.5. The third-order valence-electron chi connectivity index (χ3n) is 1.86. The van der Waals surface area contributed by atoms with Gasteiger partial charge >= 0.3 is 0 Å². The lowest BCUT2D eigenvalue weighted by Gasteiger charge is -2.08. The van der Waals surface area contributed by atoms with Crippen molar-refractivity contribution < 1.29 is 9.90 Å². The number of hydrogen-bond donors (Lipinski definition) is 1. The third kappa shape index (κ3) is 3.34. The van der Waals surface area contributed by atoms with Crippen molar-refractivity contribution >= 4 is 5.78 Å². The molecule has 1 heterocycles. The molecule has 0 spiro atoms. The van der Waals surface area contributed by atoms with Crippen LogP contribution in [-0.2, 0) is 4.79 Å². The van der Waals surface area contributed by atoms with Crippen LogP contribution >= 0.6 is 0 Å². The van der Waals surface area contributed by atoms with Crippen LogP contribution in [0.15, 0.2) is 24.5 Å². The lowest BCUT2D eigenvalue weighted by Crippen LogP contribution is -2.00. The molecule has 0 aliphatic rings. The lowest BCUT2D eigenvalue weighted by atomic mass is 10.1. The van der Waals surface area contributed by atoms with Crippen LogP contribution in [0.1, 0.15) is 31.4 Å². The molecule has 1 atom stereocenters. The number of carbonyl (C=O) groups is 1. The van der Waals surface area contributed by atoms with E-state index in [1.54, 1.807) is 24.5 Å². The Morgan fingerprint density at radius 1 is 1.54 bits per heavy atom. The summed E-state index contributed by atoms with van der Waals surface area (Å²) in [6.45, 7) is 1.53. The van der Waals surface area contributed by atoms with Gasteiger partial charge in [-0.25, -0.2) is 0 Å². The molecule has 0 radical (unpaired) electrons. The van der Waals surface area contributed by atoms with Gasteiger partial charge in [-0.3, -0.25) is 4.98 Å². The van der Waals surface area contributed by atoms with Gasteiger partial charge < -0.3 is 9.90 Å². The zero-order chi connectivity index (χ0) is 9.68. The van der Waals surface area contributed by atoms with Crippen LogP contribution in [0, 0.1) is 0 Å². The molecule has 0 bridgehead atoms. The predicted octanol–water partition coefficient (Wildman–Crippen LogP) is 1.48. The molecule has 0 aliphatic heterocycles. The highest BCUT2D eigenvalue weighted by molar-refractivity contribution is 5.75. The van der Waals surface area contributed by atoms with Gasteiger partial charge in [0.25, 0.3) is 0 Å². The first-order valence-corrected chi connectivity index (χ1v) is 4.27. The first-order valence-electron chi connectivity index (χ1n) is 4.27. The SMILES string of the molecule is CC(=O)CCC(O)c1ccncc1. The quantitative estimate of drug-likeness (QED) is 0.761. The molecular weight excluding hydrogens is 166 g/mol. The molecule has 1 unspecified atom stereocenters. The topological polar surface area (TPSA) is 50.2 Å². The average Bonchev–Trinajstić information content (AvgIpc) is 2.15. The second-order valence-electron chi connectivity index (χ2n) is 3.04. The molecule has 13 heavy (non-hydrogen) atoms. The molecule has 0 aromatic carbocycles. The molecule has 0 saturated carbocycles. The fourth-order valence-corrected chi connectivity index (χ4v) is 1.09. The van der Waals surface area contributed by atoms with Gasteiger partial charge in [0.05, 0.1) is 6.10 Å². The zero-order valence-corrected chi connectivity index (χ0v) is 7.60. The summed E-state index contributed by atoms with van der Waals surface area (Å²) in [6.07, 6.45) is 3.62. The van der Waals surface area contributed by atoms with Gasteiger partial charge in [-0.05, 0) is 31.0 Å². The average molecular weight is 179 g/mol. The number of aromatic nitrogens is 1. The fourth-order valence-electron chi connectivity index (χ4n) is 1.09. The third-order valence-corrected chi connectivity index (χ3v) is 1.86. The van der Waals surface area contributed by atoms with Crippen LogP contribution in [0.4, 0.5) is 0 Å². The summed E-state index contributed by atoms with van der Waals surface area (Å²) < 4.78 is 0. The number of rotatable bonds is 4. The van der Waals surface area contributed by atoms with Crippen molar-refractivity contribution in [2.75, 3.05) is 0 Å². The van der Waals surface area contributed by atoms with Crippen molar-refractivity contribution in [1.82, 2.24) is 4.98 Å². The Bertz CT molecular complexity index is 272. The molecule has 0 amide bonds. The number of aliphatic hydroxyl groups is 1. The first-order chi connectivity index (χ1) is 6.20. The van der Waals surface area contributed by atoms with E-state index in [0.29, 0.717) is 12.8 Å². The van der Waals surface area contributed by atoms with Crippen molar-refractivity contribution in [3.63, 3.8) is 0 Å². The highest BCUT2D eigenvalue weighted by Crippen LogP contribution is 2.16. The van der Waals surface area contributed by atoms with E-state index in [4.69, 9.17) is 0 Å². The smallest absolute Gasteiger partial charge is 0.129 e. The molecular formula is C10H13NO2. The monoisotopic (exact) mass is 179 g/mol. The van der Waals surface area contributed by atoms with Crippen molar-refractivity contribution in [2.45, 2.75) is 25.9 Å². The summed E-state index contributed by atoms with van der Waals surface area (Å²) in [7, 11) is 0. The predicted molar refractivity (Wildman–Crippen MR) is 49.1 cm³/mol. The summed E-state index contributed by atoms with van der Waals surface area (Å²) in [5, 5.41) is 9.59. The number of carbonyl (C=O) groups excluding carboxylic acids is 1. The van der Waals surface area contributed by atoms with Crippen molar-refractivity contribution in [3.8, 4) is 0 Å². The van der Waals surface area contributed by atoms with Crippen LogP contribution in [0.2, 0.25) is 0 Å². The normalized spacial score (nSPS) is 12.5. The Hall–Kier alpha value is -1.22. The minimum absolute atomic E-state index is 0.105. The Kier molecular flexibility index (Phi) is 3.58. The molecule has 0 aliphatic carbocycles. The molecule has 1 N–H and O–H groups in total. The van der Waals surface area contributed by atoms with Crippen LogP contribution in [0.5, 0.6) is 0 Å². The number of Topliss-reactive ketones (excluding diaryl/α,β-unsaturated/α-hetero) is 1. The summed E-state index contributed by atoms with van der Waals surface area (Å²) >= 11 is 0. The van der Waals surface area contributed by atoms with Crippen molar-refractivity contribution in [1.29, 1.82) is 0 Å². The molecule has 1 aromatic rings. The van der Waals surface area contributed by atoms with Gasteiger partial charge in [0.15, 0.2) is 0 Å². The van der Waals surface area contributed by atoms with Crippen LogP contribution in [-0.4, -0.2) is 15.9 Å². The maximum absolute atomic E-state index is 10.7. The number of pyridine rings is 1. The maximum Gasteiger partial charge on any atom is 0.129 e. The Balaban J connectivity index is 2.49.